The average Bonchev–Trinajstić information content (AvgIpc) is 3.01. The zero-order valence-corrected chi connectivity index (χ0v) is 18.4. The highest BCUT2D eigenvalue weighted by molar-refractivity contribution is 7.93. The van der Waals surface area contributed by atoms with E-state index in [1.807, 2.05) is 0 Å². The third-order valence-corrected chi connectivity index (χ3v) is 9.32. The van der Waals surface area contributed by atoms with Crippen LogP contribution in [-0.2, 0) is 24.8 Å². The van der Waals surface area contributed by atoms with Crippen LogP contribution < -0.4 is 14.3 Å². The summed E-state index contributed by atoms with van der Waals surface area (Å²) in [5.41, 5.74) is 1.13. The van der Waals surface area contributed by atoms with Crippen molar-refractivity contribution in [2.24, 2.45) is 5.92 Å². The molecular formula is C19H29N3O5S2. The molecular weight excluding hydrogens is 414 g/mol. The predicted octanol–water partition coefficient (Wildman–Crippen LogP) is 2.05. The number of amides is 1. The van der Waals surface area contributed by atoms with Crippen LogP contribution in [0.4, 0.5) is 11.4 Å². The second-order valence-electron chi connectivity index (χ2n) is 8.04. The number of sulfonamides is 2. The van der Waals surface area contributed by atoms with Gasteiger partial charge in [-0.1, -0.05) is 6.07 Å². The maximum Gasteiger partial charge on any atom is 0.235 e. The Morgan fingerprint density at radius 1 is 1.17 bits per heavy atom. The van der Waals surface area contributed by atoms with E-state index in [4.69, 9.17) is 0 Å². The van der Waals surface area contributed by atoms with Crippen molar-refractivity contribution in [3.63, 3.8) is 0 Å². The minimum atomic E-state index is -3.31. The van der Waals surface area contributed by atoms with Crippen LogP contribution in [0.15, 0.2) is 24.3 Å². The Morgan fingerprint density at radius 2 is 1.86 bits per heavy atom. The van der Waals surface area contributed by atoms with Crippen LogP contribution >= 0.6 is 0 Å². The van der Waals surface area contributed by atoms with Gasteiger partial charge >= 0.3 is 0 Å². The van der Waals surface area contributed by atoms with E-state index in [9.17, 15) is 21.6 Å². The van der Waals surface area contributed by atoms with Gasteiger partial charge in [0.05, 0.1) is 16.7 Å². The van der Waals surface area contributed by atoms with Gasteiger partial charge in [0.1, 0.15) is 0 Å². The van der Waals surface area contributed by atoms with Crippen molar-refractivity contribution in [1.82, 2.24) is 4.72 Å². The number of hydrogen-bond donors (Lipinski definition) is 2. The van der Waals surface area contributed by atoms with Gasteiger partial charge in [0, 0.05) is 24.2 Å². The average molecular weight is 444 g/mol. The molecule has 1 aromatic rings. The fourth-order valence-corrected chi connectivity index (χ4v) is 6.28. The van der Waals surface area contributed by atoms with Crippen LogP contribution in [0.3, 0.4) is 0 Å². The largest absolute Gasteiger partial charge is 0.326 e. The Kier molecular flexibility index (Phi) is 6.54. The van der Waals surface area contributed by atoms with Crippen LogP contribution in [0.2, 0.25) is 0 Å². The first kappa shape index (κ1) is 22.0. The molecule has 162 valence electrons. The molecule has 0 atom stereocenters. The summed E-state index contributed by atoms with van der Waals surface area (Å²) in [5, 5.41) is 2.41. The van der Waals surface area contributed by atoms with Crippen molar-refractivity contribution in [1.29, 1.82) is 0 Å². The van der Waals surface area contributed by atoms with Crippen molar-refractivity contribution in [3.05, 3.63) is 24.3 Å². The number of carbonyl (C=O) groups excluding carboxylic acids is 1. The molecule has 1 aliphatic heterocycles. The molecule has 0 aromatic heterocycles. The van der Waals surface area contributed by atoms with Crippen molar-refractivity contribution >= 4 is 37.3 Å². The summed E-state index contributed by atoms with van der Waals surface area (Å²) in [6.07, 6.45) is 3.06. The molecule has 0 unspecified atom stereocenters. The van der Waals surface area contributed by atoms with Crippen LogP contribution in [0.5, 0.6) is 0 Å². The molecule has 1 aliphatic carbocycles. The zero-order valence-electron chi connectivity index (χ0n) is 16.8. The van der Waals surface area contributed by atoms with E-state index in [0.717, 1.165) is 0 Å². The molecule has 1 heterocycles. The van der Waals surface area contributed by atoms with Gasteiger partial charge < -0.3 is 5.32 Å². The lowest BCUT2D eigenvalue weighted by Gasteiger charge is -2.29. The summed E-state index contributed by atoms with van der Waals surface area (Å²) in [5.74, 6) is -0.154. The summed E-state index contributed by atoms with van der Waals surface area (Å²) in [6, 6.07) is 6.76. The van der Waals surface area contributed by atoms with Crippen molar-refractivity contribution < 1.29 is 21.6 Å². The van der Waals surface area contributed by atoms with Gasteiger partial charge in [-0.2, -0.15) is 0 Å². The molecule has 1 amide bonds. The number of rotatable bonds is 6. The predicted molar refractivity (Wildman–Crippen MR) is 114 cm³/mol. The molecule has 0 spiro atoms. The van der Waals surface area contributed by atoms with Crippen LogP contribution in [-0.4, -0.2) is 46.3 Å². The maximum atomic E-state index is 12.6. The first-order valence-electron chi connectivity index (χ1n) is 10.0. The second kappa shape index (κ2) is 8.61. The molecule has 2 fully saturated rings. The molecule has 1 saturated carbocycles. The van der Waals surface area contributed by atoms with Crippen molar-refractivity contribution in [2.75, 3.05) is 21.9 Å². The van der Waals surface area contributed by atoms with Gasteiger partial charge in [0.25, 0.3) is 0 Å². The smallest absolute Gasteiger partial charge is 0.235 e. The highest BCUT2D eigenvalue weighted by Crippen LogP contribution is 2.29. The minimum absolute atomic E-state index is 0.114. The number of anilines is 2. The summed E-state index contributed by atoms with van der Waals surface area (Å²) in [7, 11) is -6.58. The van der Waals surface area contributed by atoms with E-state index >= 15 is 0 Å². The van der Waals surface area contributed by atoms with E-state index < -0.39 is 25.3 Å². The second-order valence-corrected chi connectivity index (χ2v) is 12.3. The summed E-state index contributed by atoms with van der Waals surface area (Å²) < 4.78 is 52.3. The SMILES string of the molecule is CC(C)S(=O)(=O)NC1CCC(C(=O)Nc2cccc(N3CCCS3(=O)=O)c2)CC1. The van der Waals surface area contributed by atoms with Gasteiger partial charge in [-0.15, -0.1) is 0 Å². The van der Waals surface area contributed by atoms with Crippen molar-refractivity contribution in [2.45, 2.75) is 57.2 Å². The van der Waals surface area contributed by atoms with Crippen LogP contribution in [0.25, 0.3) is 0 Å². The van der Waals surface area contributed by atoms with E-state index in [1.165, 1.54) is 4.31 Å². The van der Waals surface area contributed by atoms with E-state index in [2.05, 4.69) is 10.0 Å². The summed E-state index contributed by atoms with van der Waals surface area (Å²) in [6.45, 7) is 3.74. The number of nitrogens with one attached hydrogen (secondary N) is 2. The van der Waals surface area contributed by atoms with Gasteiger partial charge in [0.2, 0.25) is 26.0 Å². The first-order chi connectivity index (χ1) is 13.6. The fourth-order valence-electron chi connectivity index (χ4n) is 3.75. The fraction of sp³-hybridized carbons (Fsp3) is 0.632. The highest BCUT2D eigenvalue weighted by atomic mass is 32.2. The highest BCUT2D eigenvalue weighted by Gasteiger charge is 2.30. The van der Waals surface area contributed by atoms with Crippen molar-refractivity contribution in [3.8, 4) is 0 Å². The molecule has 2 aliphatic rings. The number of benzene rings is 1. The number of carbonyl (C=O) groups is 1. The summed E-state index contributed by atoms with van der Waals surface area (Å²) in [4.78, 5) is 12.6. The molecule has 2 N–H and O–H groups in total. The van der Waals surface area contributed by atoms with Crippen LogP contribution in [0, 0.1) is 5.92 Å². The molecule has 0 bridgehead atoms. The quantitative estimate of drug-likeness (QED) is 0.699. The molecule has 3 rings (SSSR count). The minimum Gasteiger partial charge on any atom is -0.326 e. The Labute approximate surface area is 173 Å². The maximum absolute atomic E-state index is 12.6. The Hall–Kier alpha value is -1.65. The van der Waals surface area contributed by atoms with E-state index in [1.54, 1.807) is 38.1 Å². The van der Waals surface area contributed by atoms with Gasteiger partial charge in [-0.25, -0.2) is 21.6 Å². The lowest BCUT2D eigenvalue weighted by molar-refractivity contribution is -0.120. The van der Waals surface area contributed by atoms with E-state index in [-0.39, 0.29) is 23.6 Å². The lowest BCUT2D eigenvalue weighted by Crippen LogP contribution is -2.42. The number of nitrogens with zero attached hydrogens (tertiary/aromatic N) is 1. The molecule has 1 saturated heterocycles. The van der Waals surface area contributed by atoms with Gasteiger partial charge in [-0.05, 0) is 64.2 Å². The Balaban J connectivity index is 1.57. The van der Waals surface area contributed by atoms with Gasteiger partial charge in [0.15, 0.2) is 0 Å². The Bertz CT molecular complexity index is 952. The normalized spacial score (nSPS) is 24.6. The molecule has 1 aromatic carbocycles. The molecule has 10 heteroatoms. The molecule has 0 radical (unpaired) electrons. The van der Waals surface area contributed by atoms with Crippen LogP contribution in [0.1, 0.15) is 46.0 Å². The standard InChI is InChI=1S/C19H29N3O5S2/c1-14(2)29(26,27)21-16-9-7-15(8-10-16)19(23)20-17-5-3-6-18(13-17)22-11-4-12-28(22,24)25/h3,5-6,13-16,21H,4,7-12H2,1-2H3,(H,20,23). The monoisotopic (exact) mass is 443 g/mol. The first-order valence-corrected chi connectivity index (χ1v) is 13.2. The number of hydrogen-bond acceptors (Lipinski definition) is 5. The van der Waals surface area contributed by atoms with E-state index in [0.29, 0.717) is 50.0 Å². The zero-order chi connectivity index (χ0) is 21.2. The topological polar surface area (TPSA) is 113 Å². The summed E-state index contributed by atoms with van der Waals surface area (Å²) >= 11 is 0. The molecule has 29 heavy (non-hydrogen) atoms. The van der Waals surface area contributed by atoms with Gasteiger partial charge in [-0.3, -0.25) is 9.10 Å². The Morgan fingerprint density at radius 3 is 2.45 bits per heavy atom. The third kappa shape index (κ3) is 5.29. The molecule has 8 nitrogen and oxygen atoms in total. The third-order valence-electron chi connectivity index (χ3n) is 5.55. The lowest BCUT2D eigenvalue weighted by atomic mass is 9.86.